The van der Waals surface area contributed by atoms with Crippen molar-refractivity contribution in [3.8, 4) is 0 Å². The Morgan fingerprint density at radius 1 is 1.14 bits per heavy atom. The molecule has 0 N–H and O–H groups in total. The summed E-state index contributed by atoms with van der Waals surface area (Å²) in [6.07, 6.45) is 12.9. The van der Waals surface area contributed by atoms with E-state index in [4.69, 9.17) is 0 Å². The van der Waals surface area contributed by atoms with Crippen LogP contribution in [0.2, 0.25) is 0 Å². The third-order valence-electron chi connectivity index (χ3n) is 3.25. The predicted molar refractivity (Wildman–Crippen MR) is 64.4 cm³/mol. The van der Waals surface area contributed by atoms with Crippen molar-refractivity contribution < 1.29 is 0 Å². The Morgan fingerprint density at radius 2 is 1.93 bits per heavy atom. The molecule has 0 heterocycles. The lowest BCUT2D eigenvalue weighted by atomic mass is 9.85. The number of unbranched alkanes of at least 4 members (excludes halogenated alkanes) is 3. The summed E-state index contributed by atoms with van der Waals surface area (Å²) in [4.78, 5) is 0. The Balaban J connectivity index is 2.25. The number of rotatable bonds is 5. The Bertz CT molecular complexity index is 220. The fourth-order valence-corrected chi connectivity index (χ4v) is 2.17. The van der Waals surface area contributed by atoms with Gasteiger partial charge >= 0.3 is 0 Å². The fraction of sp³-hybridized carbons (Fsp3) is 0.714. The third-order valence-corrected chi connectivity index (χ3v) is 3.25. The smallest absolute Gasteiger partial charge is 0.0166 e. The largest absolute Gasteiger partial charge is 0.0727 e. The first-order valence-corrected chi connectivity index (χ1v) is 6.08. The molecule has 0 heteroatoms. The second-order valence-corrected chi connectivity index (χ2v) is 4.67. The van der Waals surface area contributed by atoms with Crippen molar-refractivity contribution in [3.05, 3.63) is 23.3 Å². The van der Waals surface area contributed by atoms with Crippen molar-refractivity contribution in [2.75, 3.05) is 0 Å². The van der Waals surface area contributed by atoms with Gasteiger partial charge in [-0.1, -0.05) is 55.9 Å². The van der Waals surface area contributed by atoms with Gasteiger partial charge < -0.3 is 0 Å². The molecule has 0 aromatic rings. The van der Waals surface area contributed by atoms with Gasteiger partial charge in [-0.2, -0.15) is 0 Å². The SMILES string of the molecule is CCCCCCC1CC(C)=CC=C1C. The fourth-order valence-electron chi connectivity index (χ4n) is 2.17. The van der Waals surface area contributed by atoms with E-state index < -0.39 is 0 Å². The van der Waals surface area contributed by atoms with Gasteiger partial charge in [-0.3, -0.25) is 0 Å². The average molecular weight is 192 g/mol. The first-order chi connectivity index (χ1) is 6.74. The summed E-state index contributed by atoms with van der Waals surface area (Å²) < 4.78 is 0. The van der Waals surface area contributed by atoms with E-state index in [0.717, 1.165) is 5.92 Å². The summed E-state index contributed by atoms with van der Waals surface area (Å²) in [5, 5.41) is 0. The van der Waals surface area contributed by atoms with E-state index in [0.29, 0.717) is 0 Å². The molecule has 0 saturated heterocycles. The topological polar surface area (TPSA) is 0 Å². The Hall–Kier alpha value is -0.520. The van der Waals surface area contributed by atoms with E-state index in [2.05, 4.69) is 32.9 Å². The van der Waals surface area contributed by atoms with Gasteiger partial charge in [-0.25, -0.2) is 0 Å². The summed E-state index contributed by atoms with van der Waals surface area (Å²) in [6.45, 7) is 6.81. The number of allylic oxidation sites excluding steroid dienone is 4. The van der Waals surface area contributed by atoms with Crippen molar-refractivity contribution >= 4 is 0 Å². The molecule has 1 rings (SSSR count). The lowest BCUT2D eigenvalue weighted by molar-refractivity contribution is 0.501. The molecule has 14 heavy (non-hydrogen) atoms. The third kappa shape index (κ3) is 3.69. The van der Waals surface area contributed by atoms with Crippen LogP contribution >= 0.6 is 0 Å². The maximum Gasteiger partial charge on any atom is -0.0166 e. The average Bonchev–Trinajstić information content (AvgIpc) is 2.18. The highest BCUT2D eigenvalue weighted by Gasteiger charge is 2.13. The molecule has 0 aromatic heterocycles. The van der Waals surface area contributed by atoms with E-state index in [1.54, 1.807) is 11.1 Å². The normalized spacial score (nSPS) is 21.8. The van der Waals surface area contributed by atoms with Gasteiger partial charge in [0.15, 0.2) is 0 Å². The van der Waals surface area contributed by atoms with Gasteiger partial charge in [0.1, 0.15) is 0 Å². The lowest BCUT2D eigenvalue weighted by Crippen LogP contribution is -2.06. The minimum Gasteiger partial charge on any atom is -0.0727 e. The molecule has 1 aliphatic rings. The monoisotopic (exact) mass is 192 g/mol. The second kappa shape index (κ2) is 6.06. The van der Waals surface area contributed by atoms with Crippen LogP contribution in [-0.2, 0) is 0 Å². The highest BCUT2D eigenvalue weighted by Crippen LogP contribution is 2.29. The van der Waals surface area contributed by atoms with Gasteiger partial charge in [0.05, 0.1) is 0 Å². The summed E-state index contributed by atoms with van der Waals surface area (Å²) in [6, 6.07) is 0. The Labute approximate surface area is 89.1 Å². The van der Waals surface area contributed by atoms with Crippen LogP contribution in [0.4, 0.5) is 0 Å². The first kappa shape index (κ1) is 11.6. The van der Waals surface area contributed by atoms with Gasteiger partial charge in [0, 0.05) is 0 Å². The molecule has 1 aliphatic carbocycles. The Morgan fingerprint density at radius 3 is 2.64 bits per heavy atom. The van der Waals surface area contributed by atoms with Crippen molar-refractivity contribution in [1.82, 2.24) is 0 Å². The maximum atomic E-state index is 2.31. The van der Waals surface area contributed by atoms with E-state index in [1.165, 1.54) is 38.5 Å². The van der Waals surface area contributed by atoms with Crippen LogP contribution in [0, 0.1) is 5.92 Å². The second-order valence-electron chi connectivity index (χ2n) is 4.67. The number of hydrogen-bond acceptors (Lipinski definition) is 0. The molecule has 0 aliphatic heterocycles. The molecule has 0 amide bonds. The summed E-state index contributed by atoms with van der Waals surface area (Å²) >= 11 is 0. The summed E-state index contributed by atoms with van der Waals surface area (Å²) in [5.41, 5.74) is 3.14. The van der Waals surface area contributed by atoms with Crippen molar-refractivity contribution in [2.45, 2.75) is 59.3 Å². The molecular formula is C14H24. The van der Waals surface area contributed by atoms with Crippen LogP contribution < -0.4 is 0 Å². The molecule has 1 unspecified atom stereocenters. The number of hydrogen-bond donors (Lipinski definition) is 0. The predicted octanol–water partition coefficient (Wildman–Crippen LogP) is 4.87. The van der Waals surface area contributed by atoms with E-state index in [-0.39, 0.29) is 0 Å². The molecule has 0 nitrogen and oxygen atoms in total. The van der Waals surface area contributed by atoms with Gasteiger partial charge in [0.2, 0.25) is 0 Å². The van der Waals surface area contributed by atoms with Crippen molar-refractivity contribution in [3.63, 3.8) is 0 Å². The minimum absolute atomic E-state index is 0.844. The van der Waals surface area contributed by atoms with Crippen LogP contribution in [0.3, 0.4) is 0 Å². The van der Waals surface area contributed by atoms with Crippen molar-refractivity contribution in [2.24, 2.45) is 5.92 Å². The summed E-state index contributed by atoms with van der Waals surface area (Å²) in [7, 11) is 0. The molecule has 1 atom stereocenters. The zero-order valence-electron chi connectivity index (χ0n) is 9.97. The molecule has 0 radical (unpaired) electrons. The molecule has 0 bridgehead atoms. The highest BCUT2D eigenvalue weighted by molar-refractivity contribution is 5.24. The minimum atomic E-state index is 0.844. The zero-order chi connectivity index (χ0) is 10.4. The van der Waals surface area contributed by atoms with Gasteiger partial charge in [0.25, 0.3) is 0 Å². The molecule has 0 spiro atoms. The summed E-state index contributed by atoms with van der Waals surface area (Å²) in [5.74, 6) is 0.844. The standard InChI is InChI=1S/C14H24/c1-4-5-6-7-8-14-11-12(2)9-10-13(14)3/h9-10,14H,4-8,11H2,1-3H3. The van der Waals surface area contributed by atoms with Crippen LogP contribution in [-0.4, -0.2) is 0 Å². The quantitative estimate of drug-likeness (QED) is 0.545. The first-order valence-electron chi connectivity index (χ1n) is 6.08. The van der Waals surface area contributed by atoms with Crippen molar-refractivity contribution in [1.29, 1.82) is 0 Å². The van der Waals surface area contributed by atoms with Crippen LogP contribution in [0.25, 0.3) is 0 Å². The van der Waals surface area contributed by atoms with Gasteiger partial charge in [-0.15, -0.1) is 0 Å². The van der Waals surface area contributed by atoms with Crippen LogP contribution in [0.1, 0.15) is 59.3 Å². The highest BCUT2D eigenvalue weighted by atomic mass is 14.2. The molecular weight excluding hydrogens is 168 g/mol. The zero-order valence-corrected chi connectivity index (χ0v) is 9.97. The molecule has 80 valence electrons. The molecule has 0 saturated carbocycles. The van der Waals surface area contributed by atoms with Crippen LogP contribution in [0.15, 0.2) is 23.3 Å². The Kier molecular flexibility index (Phi) is 5.00. The molecule has 0 aromatic carbocycles. The van der Waals surface area contributed by atoms with E-state index in [1.807, 2.05) is 0 Å². The van der Waals surface area contributed by atoms with E-state index in [9.17, 15) is 0 Å². The molecule has 0 fully saturated rings. The van der Waals surface area contributed by atoms with Crippen LogP contribution in [0.5, 0.6) is 0 Å². The van der Waals surface area contributed by atoms with E-state index >= 15 is 0 Å². The lowest BCUT2D eigenvalue weighted by Gasteiger charge is -2.21. The van der Waals surface area contributed by atoms with Gasteiger partial charge in [-0.05, 0) is 32.6 Å². The maximum absolute atomic E-state index is 2.31.